The Labute approximate surface area is 202 Å². The molecule has 0 fully saturated rings. The highest BCUT2D eigenvalue weighted by molar-refractivity contribution is 9.10. The second-order valence-electron chi connectivity index (χ2n) is 7.21. The van der Waals surface area contributed by atoms with Crippen molar-refractivity contribution in [2.45, 2.75) is 24.4 Å². The van der Waals surface area contributed by atoms with E-state index in [4.69, 9.17) is 4.18 Å². The number of nitrogens with one attached hydrogen (secondary N) is 1. The van der Waals surface area contributed by atoms with Crippen LogP contribution in [0.25, 0.3) is 0 Å². The molecule has 0 heterocycles. The van der Waals surface area contributed by atoms with E-state index in [9.17, 15) is 26.4 Å². The minimum atomic E-state index is -4.49. The summed E-state index contributed by atoms with van der Waals surface area (Å²) in [6.45, 7) is 1.84. The molecule has 11 heteroatoms. The smallest absolute Gasteiger partial charge is 0.378 e. The van der Waals surface area contributed by atoms with Gasteiger partial charge in [-0.1, -0.05) is 35.9 Å². The van der Waals surface area contributed by atoms with Gasteiger partial charge in [0.1, 0.15) is 4.90 Å². The fraction of sp³-hybridized carbons (Fsp3) is 0.130. The first kappa shape index (κ1) is 25.4. The lowest BCUT2D eigenvalue weighted by Crippen LogP contribution is -2.20. The monoisotopic (exact) mass is 554 g/mol. The molecule has 0 unspecified atom stereocenters. The first-order valence-corrected chi connectivity index (χ1v) is 11.9. The van der Waals surface area contributed by atoms with E-state index in [0.717, 1.165) is 17.7 Å². The molecule has 0 aliphatic carbocycles. The van der Waals surface area contributed by atoms with Gasteiger partial charge in [-0.05, 0) is 70.4 Å². The van der Waals surface area contributed by atoms with Crippen LogP contribution in [0.15, 0.2) is 81.2 Å². The molecule has 3 aromatic rings. The number of carbonyl (C=O) groups excluding carboxylic acids is 1. The maximum absolute atomic E-state index is 12.8. The van der Waals surface area contributed by atoms with Crippen LogP contribution in [0.5, 0.6) is 5.75 Å². The van der Waals surface area contributed by atoms with Crippen LogP contribution < -0.4 is 9.61 Å². The molecule has 0 bridgehead atoms. The van der Waals surface area contributed by atoms with E-state index in [0.29, 0.717) is 10.0 Å². The van der Waals surface area contributed by atoms with E-state index < -0.39 is 27.8 Å². The number of amides is 1. The summed E-state index contributed by atoms with van der Waals surface area (Å²) >= 11 is 3.24. The molecule has 0 atom stereocenters. The van der Waals surface area contributed by atoms with E-state index in [2.05, 4.69) is 26.5 Å². The molecule has 0 saturated carbocycles. The van der Waals surface area contributed by atoms with Crippen molar-refractivity contribution >= 4 is 38.2 Å². The Morgan fingerprint density at radius 2 is 1.79 bits per heavy atom. The Kier molecular flexibility index (Phi) is 7.78. The minimum Gasteiger partial charge on any atom is -0.378 e. The summed E-state index contributed by atoms with van der Waals surface area (Å²) in [5, 5.41) is 3.78. The third kappa shape index (κ3) is 6.91. The van der Waals surface area contributed by atoms with Crippen LogP contribution in [-0.2, 0) is 27.5 Å². The van der Waals surface area contributed by atoms with E-state index >= 15 is 0 Å². The van der Waals surface area contributed by atoms with Gasteiger partial charge in [-0.25, -0.2) is 5.43 Å². The molecule has 0 radical (unpaired) electrons. The number of rotatable bonds is 7. The predicted molar refractivity (Wildman–Crippen MR) is 124 cm³/mol. The van der Waals surface area contributed by atoms with Crippen molar-refractivity contribution in [3.05, 3.63) is 93.5 Å². The Morgan fingerprint density at radius 3 is 2.44 bits per heavy atom. The Bertz CT molecular complexity index is 1320. The van der Waals surface area contributed by atoms with Crippen LogP contribution in [0.2, 0.25) is 0 Å². The summed E-state index contributed by atoms with van der Waals surface area (Å²) in [5.74, 6) is -0.537. The number of carbonyl (C=O) groups is 1. The highest BCUT2D eigenvalue weighted by atomic mass is 79.9. The van der Waals surface area contributed by atoms with Gasteiger partial charge in [0.05, 0.1) is 22.7 Å². The van der Waals surface area contributed by atoms with Crippen molar-refractivity contribution in [3.8, 4) is 5.75 Å². The quantitative estimate of drug-likeness (QED) is 0.246. The second-order valence-corrected chi connectivity index (χ2v) is 9.61. The zero-order valence-corrected chi connectivity index (χ0v) is 20.0. The maximum atomic E-state index is 12.8. The van der Waals surface area contributed by atoms with E-state index in [1.165, 1.54) is 48.7 Å². The van der Waals surface area contributed by atoms with Gasteiger partial charge in [0.15, 0.2) is 5.75 Å². The van der Waals surface area contributed by atoms with Crippen molar-refractivity contribution in [2.75, 3.05) is 0 Å². The number of hydrazone groups is 1. The molecule has 0 spiro atoms. The summed E-state index contributed by atoms with van der Waals surface area (Å²) < 4.78 is 68.7. The van der Waals surface area contributed by atoms with Gasteiger partial charge >= 0.3 is 16.3 Å². The number of hydrogen-bond acceptors (Lipinski definition) is 5. The molecule has 6 nitrogen and oxygen atoms in total. The highest BCUT2D eigenvalue weighted by Gasteiger charge is 2.30. The molecule has 0 aliphatic heterocycles. The van der Waals surface area contributed by atoms with Gasteiger partial charge in [0, 0.05) is 0 Å². The Morgan fingerprint density at radius 1 is 1.09 bits per heavy atom. The fourth-order valence-corrected chi connectivity index (χ4v) is 4.33. The van der Waals surface area contributed by atoms with Gasteiger partial charge in [-0.3, -0.25) is 4.79 Å². The second kappa shape index (κ2) is 10.4. The number of nitrogens with zero attached hydrogens (tertiary/aromatic N) is 1. The zero-order chi connectivity index (χ0) is 24.9. The maximum Gasteiger partial charge on any atom is 0.416 e. The molecule has 178 valence electrons. The third-order valence-corrected chi connectivity index (χ3v) is 6.36. The predicted octanol–water partition coefficient (Wildman–Crippen LogP) is 5.24. The van der Waals surface area contributed by atoms with Crippen molar-refractivity contribution in [1.29, 1.82) is 0 Å². The average Bonchev–Trinajstić information content (AvgIpc) is 2.75. The van der Waals surface area contributed by atoms with E-state index in [-0.39, 0.29) is 22.6 Å². The number of hydrogen-bond donors (Lipinski definition) is 1. The first-order chi connectivity index (χ1) is 15.9. The standard InChI is InChI=1S/C23H18BrF3N2O4S/c1-15-5-8-19(9-6-15)34(31,32)33-21-10-7-17(12-20(21)24)14-28-29-22(30)13-16-3-2-4-18(11-16)23(25,26)27/h2-12,14H,13H2,1H3,(H,29,30)/b28-14-. The molecule has 1 amide bonds. The Balaban J connectivity index is 1.61. The molecule has 1 N–H and O–H groups in total. The average molecular weight is 555 g/mol. The normalized spacial score (nSPS) is 12.0. The Hall–Kier alpha value is -3.18. The van der Waals surface area contributed by atoms with Crippen molar-refractivity contribution in [3.63, 3.8) is 0 Å². The summed E-state index contributed by atoms with van der Waals surface area (Å²) in [5.41, 5.74) is 3.02. The van der Waals surface area contributed by atoms with Crippen LogP contribution in [-0.4, -0.2) is 20.5 Å². The van der Waals surface area contributed by atoms with Crippen LogP contribution in [0.3, 0.4) is 0 Å². The largest absolute Gasteiger partial charge is 0.416 e. The molecular formula is C23H18BrF3N2O4S. The van der Waals surface area contributed by atoms with Gasteiger partial charge in [-0.15, -0.1) is 0 Å². The summed E-state index contributed by atoms with van der Waals surface area (Å²) in [4.78, 5) is 12.0. The lowest BCUT2D eigenvalue weighted by Gasteiger charge is -2.09. The van der Waals surface area contributed by atoms with Crippen LogP contribution >= 0.6 is 15.9 Å². The van der Waals surface area contributed by atoms with Crippen LogP contribution in [0.4, 0.5) is 13.2 Å². The topological polar surface area (TPSA) is 84.8 Å². The third-order valence-electron chi connectivity index (χ3n) is 4.49. The van der Waals surface area contributed by atoms with Crippen LogP contribution in [0, 0.1) is 6.92 Å². The fourth-order valence-electron chi connectivity index (χ4n) is 2.80. The molecule has 34 heavy (non-hydrogen) atoms. The summed E-state index contributed by atoms with van der Waals surface area (Å²) in [6.07, 6.45) is -3.48. The molecule has 3 rings (SSSR count). The van der Waals surface area contributed by atoms with Gasteiger partial charge < -0.3 is 4.18 Å². The lowest BCUT2D eigenvalue weighted by molar-refractivity contribution is -0.137. The highest BCUT2D eigenvalue weighted by Crippen LogP contribution is 2.30. The van der Waals surface area contributed by atoms with Gasteiger partial charge in [-0.2, -0.15) is 26.7 Å². The van der Waals surface area contributed by atoms with Crippen molar-refractivity contribution < 1.29 is 30.6 Å². The summed E-state index contributed by atoms with van der Waals surface area (Å²) in [6, 6.07) is 15.2. The van der Waals surface area contributed by atoms with Gasteiger partial charge in [0.2, 0.25) is 5.91 Å². The molecule has 0 aliphatic rings. The minimum absolute atomic E-state index is 0.0131. The lowest BCUT2D eigenvalue weighted by atomic mass is 10.1. The molecule has 3 aromatic carbocycles. The first-order valence-electron chi connectivity index (χ1n) is 9.73. The van der Waals surface area contributed by atoms with Crippen molar-refractivity contribution in [1.82, 2.24) is 5.43 Å². The zero-order valence-electron chi connectivity index (χ0n) is 17.6. The number of aryl methyl sites for hydroxylation is 1. The summed E-state index contributed by atoms with van der Waals surface area (Å²) in [7, 11) is -4.03. The molecular weight excluding hydrogens is 537 g/mol. The molecule has 0 saturated heterocycles. The number of halogens is 4. The van der Waals surface area contributed by atoms with Crippen LogP contribution in [0.1, 0.15) is 22.3 Å². The molecule has 0 aromatic heterocycles. The van der Waals surface area contributed by atoms with Crippen molar-refractivity contribution in [2.24, 2.45) is 5.10 Å². The number of benzene rings is 3. The number of alkyl halides is 3. The van der Waals surface area contributed by atoms with E-state index in [1.54, 1.807) is 12.1 Å². The van der Waals surface area contributed by atoms with Gasteiger partial charge in [0.25, 0.3) is 0 Å². The van der Waals surface area contributed by atoms with E-state index in [1.807, 2.05) is 6.92 Å². The SMILES string of the molecule is Cc1ccc(S(=O)(=O)Oc2ccc(/C=N\NC(=O)Cc3cccc(C(F)(F)F)c3)cc2Br)cc1.